The third-order valence-electron chi connectivity index (χ3n) is 1.62. The summed E-state index contributed by atoms with van der Waals surface area (Å²) in [5.74, 6) is 0.101. The molecule has 0 aliphatic rings. The molecular weight excluding hydrogens is 224 g/mol. The van der Waals surface area contributed by atoms with Gasteiger partial charge in [0.05, 0.1) is 10.7 Å². The second kappa shape index (κ2) is 5.89. The van der Waals surface area contributed by atoms with Crippen LogP contribution in [0.4, 0.5) is 10.1 Å². The van der Waals surface area contributed by atoms with E-state index >= 15 is 0 Å². The molecule has 1 N–H and O–H groups in total. The lowest BCUT2D eigenvalue weighted by Crippen LogP contribution is -2.01. The summed E-state index contributed by atoms with van der Waals surface area (Å²) in [6.07, 6.45) is 3.60. The third kappa shape index (κ3) is 3.20. The van der Waals surface area contributed by atoms with Gasteiger partial charge in [-0.05, 0) is 12.1 Å². The average Bonchev–Trinajstić information content (AvgIpc) is 2.16. The van der Waals surface area contributed by atoms with Crippen molar-refractivity contribution < 1.29 is 4.39 Å². The largest absolute Gasteiger partial charge is 0.378 e. The number of nitrogens with one attached hydrogen (secondary N) is 1. The first-order chi connectivity index (χ1) is 6.75. The molecule has 14 heavy (non-hydrogen) atoms. The van der Waals surface area contributed by atoms with Gasteiger partial charge < -0.3 is 5.32 Å². The summed E-state index contributed by atoms with van der Waals surface area (Å²) < 4.78 is 13.2. The highest BCUT2D eigenvalue weighted by Gasteiger charge is 2.03. The Kier molecular flexibility index (Phi) is 4.77. The van der Waals surface area contributed by atoms with Crippen LogP contribution in [0.5, 0.6) is 0 Å². The number of rotatable bonds is 4. The summed E-state index contributed by atoms with van der Waals surface area (Å²) in [6.45, 7) is 0.507. The SMILES string of the molecule is Fc1cccc(Cl)c1NC/C=C/CCl. The first-order valence-corrected chi connectivity index (χ1v) is 5.06. The van der Waals surface area contributed by atoms with Crippen molar-refractivity contribution >= 4 is 28.9 Å². The molecule has 0 spiro atoms. The third-order valence-corrected chi connectivity index (χ3v) is 2.11. The van der Waals surface area contributed by atoms with E-state index in [4.69, 9.17) is 23.2 Å². The Labute approximate surface area is 92.5 Å². The molecule has 0 heterocycles. The Balaban J connectivity index is 2.62. The molecule has 0 unspecified atom stereocenters. The smallest absolute Gasteiger partial charge is 0.147 e. The predicted molar refractivity (Wildman–Crippen MR) is 59.8 cm³/mol. The molecule has 76 valence electrons. The summed E-state index contributed by atoms with van der Waals surface area (Å²) >= 11 is 11.2. The Bertz CT molecular complexity index is 306. The molecule has 1 aromatic rings. The number of alkyl halides is 1. The lowest BCUT2D eigenvalue weighted by Gasteiger charge is -2.06. The van der Waals surface area contributed by atoms with Crippen LogP contribution >= 0.6 is 23.2 Å². The lowest BCUT2D eigenvalue weighted by molar-refractivity contribution is 0.631. The van der Waals surface area contributed by atoms with E-state index in [2.05, 4.69) is 5.32 Å². The van der Waals surface area contributed by atoms with Gasteiger partial charge in [0.2, 0.25) is 0 Å². The molecule has 1 rings (SSSR count). The summed E-state index contributed by atoms with van der Waals surface area (Å²) in [4.78, 5) is 0. The minimum Gasteiger partial charge on any atom is -0.378 e. The first kappa shape index (κ1) is 11.3. The summed E-state index contributed by atoms with van der Waals surface area (Å²) in [6, 6.07) is 4.56. The van der Waals surface area contributed by atoms with Gasteiger partial charge in [-0.15, -0.1) is 11.6 Å². The zero-order valence-corrected chi connectivity index (χ0v) is 8.95. The molecule has 0 fully saturated rings. The summed E-state index contributed by atoms with van der Waals surface area (Å²) in [7, 11) is 0. The molecule has 0 aliphatic carbocycles. The quantitative estimate of drug-likeness (QED) is 0.618. The Morgan fingerprint density at radius 1 is 1.36 bits per heavy atom. The zero-order chi connectivity index (χ0) is 10.4. The maximum Gasteiger partial charge on any atom is 0.147 e. The van der Waals surface area contributed by atoms with Gasteiger partial charge in [-0.25, -0.2) is 4.39 Å². The standard InChI is InChI=1S/C10H10Cl2FN/c11-6-1-2-7-14-10-8(12)4-3-5-9(10)13/h1-5,14H,6-7H2/b2-1+. The van der Waals surface area contributed by atoms with Gasteiger partial charge in [0, 0.05) is 12.4 Å². The van der Waals surface area contributed by atoms with Crippen LogP contribution in [0.1, 0.15) is 0 Å². The van der Waals surface area contributed by atoms with E-state index in [1.165, 1.54) is 6.07 Å². The van der Waals surface area contributed by atoms with Crippen molar-refractivity contribution in [2.24, 2.45) is 0 Å². The minimum absolute atomic E-state index is 0.327. The molecule has 0 saturated heterocycles. The van der Waals surface area contributed by atoms with E-state index in [9.17, 15) is 4.39 Å². The number of halogens is 3. The molecule has 4 heteroatoms. The highest BCUT2D eigenvalue weighted by molar-refractivity contribution is 6.33. The fourth-order valence-electron chi connectivity index (χ4n) is 0.974. The maximum atomic E-state index is 13.2. The second-order valence-corrected chi connectivity index (χ2v) is 3.32. The Morgan fingerprint density at radius 3 is 2.79 bits per heavy atom. The van der Waals surface area contributed by atoms with Crippen molar-refractivity contribution in [2.45, 2.75) is 0 Å². The average molecular weight is 234 g/mol. The van der Waals surface area contributed by atoms with E-state index in [1.54, 1.807) is 18.2 Å². The van der Waals surface area contributed by atoms with Crippen LogP contribution in [-0.2, 0) is 0 Å². The molecule has 1 nitrogen and oxygen atoms in total. The van der Waals surface area contributed by atoms with Crippen LogP contribution in [0.15, 0.2) is 30.4 Å². The van der Waals surface area contributed by atoms with E-state index < -0.39 is 0 Å². The highest BCUT2D eigenvalue weighted by atomic mass is 35.5. The van der Waals surface area contributed by atoms with Gasteiger partial charge in [-0.1, -0.05) is 29.8 Å². The van der Waals surface area contributed by atoms with Crippen molar-refractivity contribution in [2.75, 3.05) is 17.7 Å². The van der Waals surface area contributed by atoms with E-state index in [0.29, 0.717) is 23.1 Å². The molecule has 0 saturated carbocycles. The summed E-state index contributed by atoms with van der Waals surface area (Å²) in [5.41, 5.74) is 0.327. The van der Waals surface area contributed by atoms with E-state index in [0.717, 1.165) is 0 Å². The normalized spacial score (nSPS) is 10.8. The van der Waals surface area contributed by atoms with Gasteiger partial charge in [0.1, 0.15) is 5.82 Å². The van der Waals surface area contributed by atoms with Crippen LogP contribution < -0.4 is 5.32 Å². The molecule has 0 aliphatic heterocycles. The molecule has 1 aromatic carbocycles. The van der Waals surface area contributed by atoms with Crippen LogP contribution in [0.3, 0.4) is 0 Å². The van der Waals surface area contributed by atoms with Crippen molar-refractivity contribution in [1.82, 2.24) is 0 Å². The monoisotopic (exact) mass is 233 g/mol. The van der Waals surface area contributed by atoms with Crippen molar-refractivity contribution in [3.63, 3.8) is 0 Å². The second-order valence-electron chi connectivity index (χ2n) is 2.60. The van der Waals surface area contributed by atoms with E-state index in [1.807, 2.05) is 6.08 Å². The highest BCUT2D eigenvalue weighted by Crippen LogP contribution is 2.24. The number of benzene rings is 1. The minimum atomic E-state index is -0.350. The van der Waals surface area contributed by atoms with Crippen LogP contribution in [0.2, 0.25) is 5.02 Å². The predicted octanol–water partition coefficient (Wildman–Crippen LogP) is 3.69. The number of allylic oxidation sites excluding steroid dienone is 1. The first-order valence-electron chi connectivity index (χ1n) is 4.14. The van der Waals surface area contributed by atoms with Crippen molar-refractivity contribution in [1.29, 1.82) is 0 Å². The molecule has 0 aromatic heterocycles. The van der Waals surface area contributed by atoms with Crippen LogP contribution in [0.25, 0.3) is 0 Å². The maximum absolute atomic E-state index is 13.2. The number of hydrogen-bond acceptors (Lipinski definition) is 1. The van der Waals surface area contributed by atoms with Crippen LogP contribution in [0, 0.1) is 5.82 Å². The van der Waals surface area contributed by atoms with Crippen molar-refractivity contribution in [3.05, 3.63) is 41.2 Å². The van der Waals surface area contributed by atoms with Crippen molar-refractivity contribution in [3.8, 4) is 0 Å². The van der Waals surface area contributed by atoms with Gasteiger partial charge in [-0.2, -0.15) is 0 Å². The van der Waals surface area contributed by atoms with Gasteiger partial charge in [0.15, 0.2) is 0 Å². The zero-order valence-electron chi connectivity index (χ0n) is 7.43. The fraction of sp³-hybridized carbons (Fsp3) is 0.200. The van der Waals surface area contributed by atoms with Gasteiger partial charge >= 0.3 is 0 Å². The molecular formula is C10H10Cl2FN. The molecule has 0 amide bonds. The van der Waals surface area contributed by atoms with E-state index in [-0.39, 0.29) is 5.82 Å². The number of hydrogen-bond donors (Lipinski definition) is 1. The Morgan fingerprint density at radius 2 is 2.14 bits per heavy atom. The fourth-order valence-corrected chi connectivity index (χ4v) is 1.33. The summed E-state index contributed by atoms with van der Waals surface area (Å²) in [5, 5.41) is 3.24. The molecule has 0 atom stereocenters. The van der Waals surface area contributed by atoms with Gasteiger partial charge in [-0.3, -0.25) is 0 Å². The van der Waals surface area contributed by atoms with Crippen LogP contribution in [-0.4, -0.2) is 12.4 Å². The topological polar surface area (TPSA) is 12.0 Å². The lowest BCUT2D eigenvalue weighted by atomic mass is 10.3. The molecule has 0 radical (unpaired) electrons. The number of anilines is 1. The number of para-hydroxylation sites is 1. The van der Waals surface area contributed by atoms with Gasteiger partial charge in [0.25, 0.3) is 0 Å². The Hall–Kier alpha value is -0.730. The molecule has 0 bridgehead atoms.